The number of hydrogen-bond acceptors (Lipinski definition) is 4. The molecule has 1 aromatic rings. The molecule has 1 fully saturated rings. The van der Waals surface area contributed by atoms with Crippen LogP contribution in [0.25, 0.3) is 0 Å². The Kier molecular flexibility index (Phi) is 4.65. The molecule has 4 nitrogen and oxygen atoms in total. The fourth-order valence-electron chi connectivity index (χ4n) is 2.88. The van der Waals surface area contributed by atoms with E-state index in [9.17, 15) is 4.79 Å². The van der Waals surface area contributed by atoms with Crippen molar-refractivity contribution in [3.63, 3.8) is 0 Å². The van der Waals surface area contributed by atoms with Crippen molar-refractivity contribution in [2.45, 2.75) is 44.1 Å². The standard InChI is InChI=1S/C16H23NO3/c1-19-12-6-7-15(20-2)13(10-12)14(18)11-16(17)8-4-3-5-9-16/h6-7,10H,3-5,8-9,11,17H2,1-2H3. The summed E-state index contributed by atoms with van der Waals surface area (Å²) in [5, 5.41) is 0. The molecule has 4 heteroatoms. The van der Waals surface area contributed by atoms with E-state index in [0.717, 1.165) is 25.7 Å². The number of ether oxygens (including phenoxy) is 2. The van der Waals surface area contributed by atoms with Crippen LogP contribution in [-0.2, 0) is 0 Å². The Morgan fingerprint density at radius 1 is 1.20 bits per heavy atom. The van der Waals surface area contributed by atoms with E-state index < -0.39 is 0 Å². The lowest BCUT2D eigenvalue weighted by Crippen LogP contribution is -2.43. The van der Waals surface area contributed by atoms with Crippen molar-refractivity contribution in [1.29, 1.82) is 0 Å². The second-order valence-electron chi connectivity index (χ2n) is 5.59. The second kappa shape index (κ2) is 6.27. The highest BCUT2D eigenvalue weighted by molar-refractivity contribution is 5.99. The molecule has 0 atom stereocenters. The SMILES string of the molecule is COc1ccc(OC)c(C(=O)CC2(N)CCCCC2)c1. The molecule has 0 unspecified atom stereocenters. The summed E-state index contributed by atoms with van der Waals surface area (Å²) in [4.78, 5) is 12.6. The lowest BCUT2D eigenvalue weighted by molar-refractivity contribution is 0.0931. The van der Waals surface area contributed by atoms with Gasteiger partial charge in [-0.2, -0.15) is 0 Å². The van der Waals surface area contributed by atoms with Gasteiger partial charge in [-0.3, -0.25) is 4.79 Å². The highest BCUT2D eigenvalue weighted by Gasteiger charge is 2.31. The molecular weight excluding hydrogens is 254 g/mol. The first-order valence-corrected chi connectivity index (χ1v) is 7.12. The topological polar surface area (TPSA) is 61.5 Å². The molecular formula is C16H23NO3. The van der Waals surface area contributed by atoms with Crippen LogP contribution in [-0.4, -0.2) is 25.5 Å². The Bertz CT molecular complexity index is 479. The summed E-state index contributed by atoms with van der Waals surface area (Å²) in [6, 6.07) is 5.28. The summed E-state index contributed by atoms with van der Waals surface area (Å²) in [5.41, 5.74) is 6.57. The molecule has 0 heterocycles. The lowest BCUT2D eigenvalue weighted by Gasteiger charge is -2.32. The maximum absolute atomic E-state index is 12.6. The van der Waals surface area contributed by atoms with Gasteiger partial charge in [0.2, 0.25) is 0 Å². The molecule has 2 rings (SSSR count). The number of carbonyl (C=O) groups excluding carboxylic acids is 1. The molecule has 0 amide bonds. The molecule has 1 aromatic carbocycles. The summed E-state index contributed by atoms with van der Waals surface area (Å²) < 4.78 is 10.5. The van der Waals surface area contributed by atoms with Crippen LogP contribution in [0.4, 0.5) is 0 Å². The number of nitrogens with two attached hydrogens (primary N) is 1. The van der Waals surface area contributed by atoms with E-state index >= 15 is 0 Å². The zero-order chi connectivity index (χ0) is 14.6. The first-order valence-electron chi connectivity index (χ1n) is 7.12. The molecule has 20 heavy (non-hydrogen) atoms. The molecule has 1 saturated carbocycles. The smallest absolute Gasteiger partial charge is 0.168 e. The van der Waals surface area contributed by atoms with Gasteiger partial charge in [-0.1, -0.05) is 19.3 Å². The highest BCUT2D eigenvalue weighted by Crippen LogP contribution is 2.32. The third kappa shape index (κ3) is 3.31. The Hall–Kier alpha value is -1.55. The zero-order valence-corrected chi connectivity index (χ0v) is 12.3. The maximum atomic E-state index is 12.6. The summed E-state index contributed by atoms with van der Waals surface area (Å²) >= 11 is 0. The predicted molar refractivity (Wildman–Crippen MR) is 78.5 cm³/mol. The average molecular weight is 277 g/mol. The van der Waals surface area contributed by atoms with Crippen LogP contribution >= 0.6 is 0 Å². The van der Waals surface area contributed by atoms with Gasteiger partial charge in [-0.15, -0.1) is 0 Å². The van der Waals surface area contributed by atoms with Crippen molar-refractivity contribution in [1.82, 2.24) is 0 Å². The normalized spacial score (nSPS) is 17.6. The van der Waals surface area contributed by atoms with Crippen LogP contribution in [0.1, 0.15) is 48.9 Å². The van der Waals surface area contributed by atoms with E-state index in [-0.39, 0.29) is 11.3 Å². The van der Waals surface area contributed by atoms with Crippen molar-refractivity contribution in [3.05, 3.63) is 23.8 Å². The number of hydrogen-bond donors (Lipinski definition) is 1. The summed E-state index contributed by atoms with van der Waals surface area (Å²) in [6.07, 6.45) is 5.65. The fraction of sp³-hybridized carbons (Fsp3) is 0.562. The first kappa shape index (κ1) is 14.9. The third-order valence-electron chi connectivity index (χ3n) is 4.07. The lowest BCUT2D eigenvalue weighted by atomic mass is 9.78. The minimum absolute atomic E-state index is 0.0325. The number of Topliss-reactive ketones (excluding diaryl/α,β-unsaturated/α-hetero) is 1. The van der Waals surface area contributed by atoms with Crippen LogP contribution < -0.4 is 15.2 Å². The van der Waals surface area contributed by atoms with Crippen LogP contribution in [0.2, 0.25) is 0 Å². The molecule has 1 aliphatic carbocycles. The number of ketones is 1. The van der Waals surface area contributed by atoms with Crippen molar-refractivity contribution < 1.29 is 14.3 Å². The Labute approximate surface area is 120 Å². The zero-order valence-electron chi connectivity index (χ0n) is 12.3. The van der Waals surface area contributed by atoms with Crippen molar-refractivity contribution in [2.24, 2.45) is 5.73 Å². The van der Waals surface area contributed by atoms with E-state index in [2.05, 4.69) is 0 Å². The van der Waals surface area contributed by atoms with E-state index in [0.29, 0.717) is 23.5 Å². The molecule has 2 N–H and O–H groups in total. The molecule has 0 aromatic heterocycles. The van der Waals surface area contributed by atoms with Gasteiger partial charge in [-0.25, -0.2) is 0 Å². The van der Waals surface area contributed by atoms with Gasteiger partial charge in [0.25, 0.3) is 0 Å². The summed E-state index contributed by atoms with van der Waals surface area (Å²) in [7, 11) is 3.15. The van der Waals surface area contributed by atoms with E-state index in [1.165, 1.54) is 6.42 Å². The predicted octanol–water partition coefficient (Wildman–Crippen LogP) is 2.94. The number of methoxy groups -OCH3 is 2. The minimum atomic E-state index is -0.358. The molecule has 1 aliphatic rings. The van der Waals surface area contributed by atoms with Gasteiger partial charge in [0.15, 0.2) is 5.78 Å². The molecule has 0 aliphatic heterocycles. The Morgan fingerprint density at radius 3 is 2.50 bits per heavy atom. The van der Waals surface area contributed by atoms with Crippen LogP contribution in [0.15, 0.2) is 18.2 Å². The molecule has 0 radical (unpaired) electrons. The summed E-state index contributed by atoms with van der Waals surface area (Å²) in [6.45, 7) is 0. The first-order chi connectivity index (χ1) is 9.58. The van der Waals surface area contributed by atoms with Gasteiger partial charge in [0.05, 0.1) is 19.8 Å². The van der Waals surface area contributed by atoms with Crippen LogP contribution in [0, 0.1) is 0 Å². The summed E-state index contributed by atoms with van der Waals surface area (Å²) in [5.74, 6) is 1.27. The minimum Gasteiger partial charge on any atom is -0.497 e. The van der Waals surface area contributed by atoms with Gasteiger partial charge in [-0.05, 0) is 31.0 Å². The second-order valence-corrected chi connectivity index (χ2v) is 5.59. The molecule has 110 valence electrons. The number of carbonyl (C=O) groups is 1. The fourth-order valence-corrected chi connectivity index (χ4v) is 2.88. The monoisotopic (exact) mass is 277 g/mol. The molecule has 0 bridgehead atoms. The largest absolute Gasteiger partial charge is 0.497 e. The molecule has 0 spiro atoms. The van der Waals surface area contributed by atoms with Gasteiger partial charge >= 0.3 is 0 Å². The number of rotatable bonds is 5. The van der Waals surface area contributed by atoms with Crippen molar-refractivity contribution >= 4 is 5.78 Å². The highest BCUT2D eigenvalue weighted by atomic mass is 16.5. The van der Waals surface area contributed by atoms with Crippen LogP contribution in [0.3, 0.4) is 0 Å². The van der Waals surface area contributed by atoms with Gasteiger partial charge in [0, 0.05) is 12.0 Å². The van der Waals surface area contributed by atoms with E-state index in [4.69, 9.17) is 15.2 Å². The average Bonchev–Trinajstić information content (AvgIpc) is 2.46. The van der Waals surface area contributed by atoms with Crippen molar-refractivity contribution in [2.75, 3.05) is 14.2 Å². The van der Waals surface area contributed by atoms with E-state index in [1.807, 2.05) is 0 Å². The van der Waals surface area contributed by atoms with Gasteiger partial charge < -0.3 is 15.2 Å². The maximum Gasteiger partial charge on any atom is 0.168 e. The molecule has 0 saturated heterocycles. The van der Waals surface area contributed by atoms with Gasteiger partial charge in [0.1, 0.15) is 11.5 Å². The van der Waals surface area contributed by atoms with Crippen molar-refractivity contribution in [3.8, 4) is 11.5 Å². The Balaban J connectivity index is 2.19. The quantitative estimate of drug-likeness (QED) is 0.841. The van der Waals surface area contributed by atoms with Crippen LogP contribution in [0.5, 0.6) is 11.5 Å². The third-order valence-corrected chi connectivity index (χ3v) is 4.07. The number of benzene rings is 1. The van der Waals surface area contributed by atoms with E-state index in [1.54, 1.807) is 32.4 Å². The Morgan fingerprint density at radius 2 is 1.90 bits per heavy atom.